The van der Waals surface area contributed by atoms with Gasteiger partial charge in [-0.2, -0.15) is 0 Å². The normalized spacial score (nSPS) is 16.4. The highest BCUT2D eigenvalue weighted by molar-refractivity contribution is 5.94. The molecular formula is C22H34N4O7. The molecule has 0 spiro atoms. The van der Waals surface area contributed by atoms with Gasteiger partial charge in [-0.05, 0) is 37.5 Å². The van der Waals surface area contributed by atoms with Crippen LogP contribution in [0.25, 0.3) is 0 Å². The van der Waals surface area contributed by atoms with Crippen molar-refractivity contribution >= 4 is 23.7 Å². The van der Waals surface area contributed by atoms with Crippen LogP contribution in [0.2, 0.25) is 0 Å². The molecule has 11 heteroatoms. The van der Waals surface area contributed by atoms with E-state index in [0.717, 1.165) is 0 Å². The summed E-state index contributed by atoms with van der Waals surface area (Å²) in [5.41, 5.74) is 6.08. The highest BCUT2D eigenvalue weighted by Crippen LogP contribution is 2.13. The van der Waals surface area contributed by atoms with Crippen LogP contribution in [0.3, 0.4) is 0 Å². The van der Waals surface area contributed by atoms with Crippen molar-refractivity contribution in [1.29, 1.82) is 0 Å². The third kappa shape index (κ3) is 8.70. The van der Waals surface area contributed by atoms with Crippen molar-refractivity contribution in [3.05, 3.63) is 29.8 Å². The lowest BCUT2D eigenvalue weighted by molar-refractivity contribution is -0.142. The number of rotatable bonds is 12. The summed E-state index contributed by atoms with van der Waals surface area (Å²) in [6, 6.07) is 1.24. The van der Waals surface area contributed by atoms with Gasteiger partial charge in [0.2, 0.25) is 17.7 Å². The zero-order chi connectivity index (χ0) is 25.3. The van der Waals surface area contributed by atoms with Crippen molar-refractivity contribution in [1.82, 2.24) is 16.0 Å². The van der Waals surface area contributed by atoms with E-state index in [1.165, 1.54) is 26.0 Å². The van der Waals surface area contributed by atoms with Crippen molar-refractivity contribution in [3.8, 4) is 5.75 Å². The predicted molar refractivity (Wildman–Crippen MR) is 120 cm³/mol. The summed E-state index contributed by atoms with van der Waals surface area (Å²) in [7, 11) is 0. The Labute approximate surface area is 192 Å². The maximum absolute atomic E-state index is 13.0. The maximum Gasteiger partial charge on any atom is 0.326 e. The molecule has 0 aliphatic carbocycles. The number of aliphatic hydroxyl groups excluding tert-OH is 1. The Bertz CT molecular complexity index is 827. The minimum Gasteiger partial charge on any atom is -0.508 e. The van der Waals surface area contributed by atoms with E-state index in [1.54, 1.807) is 26.0 Å². The van der Waals surface area contributed by atoms with Crippen LogP contribution in [0.1, 0.15) is 39.7 Å². The summed E-state index contributed by atoms with van der Waals surface area (Å²) in [6.45, 7) is 6.23. The Hall–Kier alpha value is -3.18. The lowest BCUT2D eigenvalue weighted by Crippen LogP contribution is -2.60. The molecule has 1 aromatic rings. The first-order chi connectivity index (χ1) is 15.4. The van der Waals surface area contributed by atoms with Gasteiger partial charge in [0.25, 0.3) is 0 Å². The predicted octanol–water partition coefficient (Wildman–Crippen LogP) is -0.752. The zero-order valence-corrected chi connectivity index (χ0v) is 19.2. The fourth-order valence-corrected chi connectivity index (χ4v) is 2.96. The van der Waals surface area contributed by atoms with Crippen LogP contribution in [0, 0.1) is 5.92 Å². The van der Waals surface area contributed by atoms with Crippen LogP contribution in [0.15, 0.2) is 24.3 Å². The third-order valence-electron chi connectivity index (χ3n) is 5.26. The van der Waals surface area contributed by atoms with Crippen molar-refractivity contribution in [2.24, 2.45) is 11.7 Å². The number of hydrogen-bond donors (Lipinski definition) is 7. The molecule has 0 aromatic heterocycles. The van der Waals surface area contributed by atoms with Gasteiger partial charge in [-0.15, -0.1) is 0 Å². The summed E-state index contributed by atoms with van der Waals surface area (Å²) in [6.07, 6.45) is -0.822. The van der Waals surface area contributed by atoms with E-state index in [9.17, 15) is 34.5 Å². The summed E-state index contributed by atoms with van der Waals surface area (Å²) in [5, 5.41) is 36.2. The van der Waals surface area contributed by atoms with E-state index in [1.807, 2.05) is 0 Å². The van der Waals surface area contributed by atoms with Gasteiger partial charge < -0.3 is 37.0 Å². The van der Waals surface area contributed by atoms with Crippen molar-refractivity contribution in [2.45, 2.75) is 70.8 Å². The number of phenols is 1. The average molecular weight is 467 g/mol. The molecule has 33 heavy (non-hydrogen) atoms. The fraction of sp³-hybridized carbons (Fsp3) is 0.545. The Morgan fingerprint density at radius 3 is 1.88 bits per heavy atom. The second-order valence-electron chi connectivity index (χ2n) is 8.16. The molecule has 184 valence electrons. The largest absolute Gasteiger partial charge is 0.508 e. The minimum atomic E-state index is -1.35. The summed E-state index contributed by atoms with van der Waals surface area (Å²) >= 11 is 0. The molecule has 0 saturated carbocycles. The standard InChI is InChI=1S/C22H34N4O7/c1-5-11(2)17(25-21(31)18(13(4)27)26-19(29)12(3)23)20(30)24-16(22(32)33)10-14-6-8-15(28)9-7-14/h6-9,11-13,16-18,27-28H,5,10,23H2,1-4H3,(H,24,30)(H,25,31)(H,26,29)(H,32,33). The second kappa shape index (κ2) is 12.8. The minimum absolute atomic E-state index is 0.0259. The van der Waals surface area contributed by atoms with Crippen LogP contribution in [0.5, 0.6) is 5.75 Å². The molecule has 0 bridgehead atoms. The molecule has 0 fully saturated rings. The van der Waals surface area contributed by atoms with E-state index in [2.05, 4.69) is 16.0 Å². The number of hydrogen-bond acceptors (Lipinski definition) is 7. The molecule has 0 aliphatic rings. The van der Waals surface area contributed by atoms with Gasteiger partial charge in [0.05, 0.1) is 12.1 Å². The molecule has 6 unspecified atom stereocenters. The molecule has 3 amide bonds. The SMILES string of the molecule is CCC(C)C(NC(=O)C(NC(=O)C(C)N)C(C)O)C(=O)NC(Cc1ccc(O)cc1)C(=O)O. The van der Waals surface area contributed by atoms with Crippen molar-refractivity contribution in [2.75, 3.05) is 0 Å². The van der Waals surface area contributed by atoms with E-state index in [0.29, 0.717) is 12.0 Å². The molecule has 6 atom stereocenters. The van der Waals surface area contributed by atoms with Gasteiger partial charge in [0.15, 0.2) is 0 Å². The molecular weight excluding hydrogens is 432 g/mol. The van der Waals surface area contributed by atoms with E-state index in [4.69, 9.17) is 5.73 Å². The Balaban J connectivity index is 3.01. The number of carboxylic acid groups (broad SMARTS) is 1. The average Bonchev–Trinajstić information content (AvgIpc) is 2.75. The number of aliphatic hydroxyl groups is 1. The van der Waals surface area contributed by atoms with Crippen molar-refractivity contribution in [3.63, 3.8) is 0 Å². The van der Waals surface area contributed by atoms with Gasteiger partial charge in [0.1, 0.15) is 23.9 Å². The highest BCUT2D eigenvalue weighted by Gasteiger charge is 2.34. The van der Waals surface area contributed by atoms with E-state index in [-0.39, 0.29) is 18.1 Å². The van der Waals surface area contributed by atoms with E-state index >= 15 is 0 Å². The smallest absolute Gasteiger partial charge is 0.326 e. The van der Waals surface area contributed by atoms with Gasteiger partial charge in [0, 0.05) is 6.42 Å². The van der Waals surface area contributed by atoms with Gasteiger partial charge in [-0.3, -0.25) is 14.4 Å². The zero-order valence-electron chi connectivity index (χ0n) is 19.2. The highest BCUT2D eigenvalue weighted by atomic mass is 16.4. The Kier molecular flexibility index (Phi) is 10.8. The number of aliphatic carboxylic acids is 1. The van der Waals surface area contributed by atoms with Crippen LogP contribution < -0.4 is 21.7 Å². The number of amides is 3. The monoisotopic (exact) mass is 466 g/mol. The number of benzene rings is 1. The first kappa shape index (κ1) is 27.9. The molecule has 11 nitrogen and oxygen atoms in total. The van der Waals surface area contributed by atoms with Gasteiger partial charge in [-0.1, -0.05) is 32.4 Å². The topological polar surface area (TPSA) is 191 Å². The molecule has 1 rings (SSSR count). The Morgan fingerprint density at radius 1 is 0.909 bits per heavy atom. The number of nitrogens with two attached hydrogens (primary N) is 1. The third-order valence-corrected chi connectivity index (χ3v) is 5.26. The number of nitrogens with one attached hydrogen (secondary N) is 3. The second-order valence-corrected chi connectivity index (χ2v) is 8.16. The Morgan fingerprint density at radius 2 is 1.42 bits per heavy atom. The lowest BCUT2D eigenvalue weighted by atomic mass is 9.96. The van der Waals surface area contributed by atoms with Crippen LogP contribution in [-0.4, -0.2) is 69.3 Å². The summed E-state index contributed by atoms with van der Waals surface area (Å²) in [4.78, 5) is 49.4. The lowest BCUT2D eigenvalue weighted by Gasteiger charge is -2.28. The van der Waals surface area contributed by atoms with E-state index < -0.39 is 54.0 Å². The molecule has 0 aliphatic heterocycles. The van der Waals surface area contributed by atoms with Gasteiger partial charge >= 0.3 is 5.97 Å². The number of carbonyl (C=O) groups is 4. The number of phenolic OH excluding ortho intramolecular Hbond substituents is 1. The number of carboxylic acids is 1. The molecule has 0 radical (unpaired) electrons. The van der Waals surface area contributed by atoms with Crippen molar-refractivity contribution < 1.29 is 34.5 Å². The van der Waals surface area contributed by atoms with Crippen LogP contribution in [-0.2, 0) is 25.6 Å². The number of aromatic hydroxyl groups is 1. The molecule has 0 saturated heterocycles. The summed E-state index contributed by atoms with van der Waals surface area (Å²) in [5.74, 6) is -3.79. The van der Waals surface area contributed by atoms with Gasteiger partial charge in [-0.25, -0.2) is 4.79 Å². The van der Waals surface area contributed by atoms with Crippen LogP contribution >= 0.6 is 0 Å². The molecule has 8 N–H and O–H groups in total. The van der Waals surface area contributed by atoms with Crippen LogP contribution in [0.4, 0.5) is 0 Å². The fourth-order valence-electron chi connectivity index (χ4n) is 2.96. The quantitative estimate of drug-likeness (QED) is 0.209. The maximum atomic E-state index is 13.0. The first-order valence-corrected chi connectivity index (χ1v) is 10.7. The molecule has 0 heterocycles. The summed E-state index contributed by atoms with van der Waals surface area (Å²) < 4.78 is 0. The molecule has 1 aromatic carbocycles. The number of carbonyl (C=O) groups excluding carboxylic acids is 3. The first-order valence-electron chi connectivity index (χ1n) is 10.7.